The summed E-state index contributed by atoms with van der Waals surface area (Å²) in [5.41, 5.74) is 8.26. The molecule has 4 heteroatoms. The van der Waals surface area contributed by atoms with Crippen molar-refractivity contribution in [3.8, 4) is 0 Å². The van der Waals surface area contributed by atoms with Crippen molar-refractivity contribution in [1.29, 1.82) is 0 Å². The predicted octanol–water partition coefficient (Wildman–Crippen LogP) is 2.25. The second-order valence-corrected chi connectivity index (χ2v) is 5.53. The van der Waals surface area contributed by atoms with E-state index in [2.05, 4.69) is 24.1 Å². The molecule has 1 aliphatic heterocycles. The fourth-order valence-electron chi connectivity index (χ4n) is 2.88. The number of rotatable bonds is 2. The average Bonchev–Trinajstić information content (AvgIpc) is 2.38. The van der Waals surface area contributed by atoms with Crippen molar-refractivity contribution in [2.45, 2.75) is 32.7 Å². The summed E-state index contributed by atoms with van der Waals surface area (Å²) in [6.07, 6.45) is 2.31. The number of carbonyl (C=O) groups is 1. The predicted molar refractivity (Wildman–Crippen MR) is 79.5 cm³/mol. The Hall–Kier alpha value is -1.71. The van der Waals surface area contributed by atoms with Crippen LogP contribution >= 0.6 is 0 Å². The summed E-state index contributed by atoms with van der Waals surface area (Å²) in [7, 11) is 1.66. The topological polar surface area (TPSA) is 58.4 Å². The summed E-state index contributed by atoms with van der Waals surface area (Å²) in [5.74, 6) is 0.691. The minimum atomic E-state index is -0.0548. The summed E-state index contributed by atoms with van der Waals surface area (Å²) in [6.45, 7) is 5.48. The molecule has 3 N–H and O–H groups in total. The van der Waals surface area contributed by atoms with Gasteiger partial charge in [-0.25, -0.2) is 0 Å². The van der Waals surface area contributed by atoms with Gasteiger partial charge in [0.2, 0.25) is 0 Å². The van der Waals surface area contributed by atoms with E-state index in [0.29, 0.717) is 17.3 Å². The van der Waals surface area contributed by atoms with Gasteiger partial charge in [-0.05, 0) is 43.9 Å². The zero-order chi connectivity index (χ0) is 14.0. The van der Waals surface area contributed by atoms with Crippen LogP contribution in [0.1, 0.15) is 37.0 Å². The van der Waals surface area contributed by atoms with Crippen molar-refractivity contribution in [3.05, 3.63) is 23.8 Å². The molecular formula is C15H23N3O. The number of nitrogens with one attached hydrogen (secondary N) is 1. The summed E-state index contributed by atoms with van der Waals surface area (Å²) < 4.78 is 0. The second-order valence-electron chi connectivity index (χ2n) is 5.53. The summed E-state index contributed by atoms with van der Waals surface area (Å²) in [4.78, 5) is 14.3. The Bertz CT molecular complexity index is 472. The Kier molecular flexibility index (Phi) is 3.98. The van der Waals surface area contributed by atoms with Crippen LogP contribution in [0, 0.1) is 5.92 Å². The first kappa shape index (κ1) is 13.7. The molecule has 0 bridgehead atoms. The summed E-state index contributed by atoms with van der Waals surface area (Å²) >= 11 is 0. The van der Waals surface area contributed by atoms with E-state index in [1.54, 1.807) is 13.1 Å². The largest absolute Gasteiger partial charge is 0.399 e. The maximum Gasteiger partial charge on any atom is 0.253 e. The van der Waals surface area contributed by atoms with Gasteiger partial charge in [-0.2, -0.15) is 0 Å². The zero-order valence-electron chi connectivity index (χ0n) is 11.9. The standard InChI is InChI=1S/C15H23N3O/c1-10-6-7-18(11(2)8-10)14-9-12(16)4-5-13(14)15(19)17-3/h4-5,9-11H,6-8,16H2,1-3H3,(H,17,19). The number of carbonyl (C=O) groups excluding carboxylic acids is 1. The highest BCUT2D eigenvalue weighted by molar-refractivity contribution is 6.00. The molecule has 0 aliphatic carbocycles. The first-order chi connectivity index (χ1) is 9.02. The zero-order valence-corrected chi connectivity index (χ0v) is 11.9. The highest BCUT2D eigenvalue weighted by Gasteiger charge is 2.26. The number of benzene rings is 1. The number of anilines is 2. The lowest BCUT2D eigenvalue weighted by Crippen LogP contribution is -2.41. The Balaban J connectivity index is 2.37. The molecule has 104 valence electrons. The molecule has 1 aromatic rings. The van der Waals surface area contributed by atoms with E-state index in [1.165, 1.54) is 0 Å². The molecule has 1 aromatic carbocycles. The molecule has 1 fully saturated rings. The van der Waals surface area contributed by atoms with Crippen molar-refractivity contribution in [2.24, 2.45) is 5.92 Å². The number of piperidine rings is 1. The van der Waals surface area contributed by atoms with Gasteiger partial charge >= 0.3 is 0 Å². The lowest BCUT2D eigenvalue weighted by Gasteiger charge is -2.39. The van der Waals surface area contributed by atoms with E-state index in [4.69, 9.17) is 5.73 Å². The molecule has 19 heavy (non-hydrogen) atoms. The fraction of sp³-hybridized carbons (Fsp3) is 0.533. The number of amides is 1. The molecule has 0 aromatic heterocycles. The van der Waals surface area contributed by atoms with Crippen molar-refractivity contribution in [1.82, 2.24) is 5.32 Å². The monoisotopic (exact) mass is 261 g/mol. The molecule has 4 nitrogen and oxygen atoms in total. The van der Waals surface area contributed by atoms with Crippen molar-refractivity contribution < 1.29 is 4.79 Å². The van der Waals surface area contributed by atoms with Crippen LogP contribution in [-0.2, 0) is 0 Å². The number of nitrogens with zero attached hydrogens (tertiary/aromatic N) is 1. The minimum absolute atomic E-state index is 0.0548. The van der Waals surface area contributed by atoms with Gasteiger partial charge in [0, 0.05) is 25.3 Å². The lowest BCUT2D eigenvalue weighted by molar-refractivity contribution is 0.0963. The van der Waals surface area contributed by atoms with Crippen LogP contribution in [0.25, 0.3) is 0 Å². The normalized spacial score (nSPS) is 23.2. The fourth-order valence-corrected chi connectivity index (χ4v) is 2.88. The number of nitrogens with two attached hydrogens (primary N) is 1. The molecule has 0 saturated carbocycles. The van der Waals surface area contributed by atoms with Crippen LogP contribution in [0.3, 0.4) is 0 Å². The van der Waals surface area contributed by atoms with E-state index in [-0.39, 0.29) is 5.91 Å². The highest BCUT2D eigenvalue weighted by atomic mass is 16.1. The third-order valence-corrected chi connectivity index (χ3v) is 3.94. The van der Waals surface area contributed by atoms with Crippen LogP contribution in [0.5, 0.6) is 0 Å². The number of hydrogen-bond donors (Lipinski definition) is 2. The van der Waals surface area contributed by atoms with Crippen LogP contribution < -0.4 is 16.0 Å². The van der Waals surface area contributed by atoms with Gasteiger partial charge < -0.3 is 16.0 Å². The first-order valence-electron chi connectivity index (χ1n) is 6.91. The third-order valence-electron chi connectivity index (χ3n) is 3.94. The number of nitrogen functional groups attached to an aromatic ring is 1. The van der Waals surface area contributed by atoms with Gasteiger partial charge in [0.1, 0.15) is 0 Å². The quantitative estimate of drug-likeness (QED) is 0.803. The van der Waals surface area contributed by atoms with Crippen LogP contribution in [-0.4, -0.2) is 25.5 Å². The third kappa shape index (κ3) is 2.83. The van der Waals surface area contributed by atoms with Gasteiger partial charge in [-0.3, -0.25) is 4.79 Å². The highest BCUT2D eigenvalue weighted by Crippen LogP contribution is 2.31. The van der Waals surface area contributed by atoms with Gasteiger partial charge in [-0.15, -0.1) is 0 Å². The van der Waals surface area contributed by atoms with E-state index < -0.39 is 0 Å². The summed E-state index contributed by atoms with van der Waals surface area (Å²) in [6, 6.07) is 5.95. The van der Waals surface area contributed by atoms with Crippen molar-refractivity contribution in [3.63, 3.8) is 0 Å². The van der Waals surface area contributed by atoms with E-state index in [9.17, 15) is 4.79 Å². The molecule has 0 radical (unpaired) electrons. The van der Waals surface area contributed by atoms with Gasteiger partial charge in [0.25, 0.3) is 5.91 Å². The first-order valence-corrected chi connectivity index (χ1v) is 6.91. The van der Waals surface area contributed by atoms with Crippen molar-refractivity contribution >= 4 is 17.3 Å². The van der Waals surface area contributed by atoms with Crippen LogP contribution in [0.15, 0.2) is 18.2 Å². The Morgan fingerprint density at radius 3 is 2.79 bits per heavy atom. The van der Waals surface area contributed by atoms with Gasteiger partial charge in [-0.1, -0.05) is 6.92 Å². The smallest absolute Gasteiger partial charge is 0.253 e. The number of hydrogen-bond acceptors (Lipinski definition) is 3. The van der Waals surface area contributed by atoms with Crippen molar-refractivity contribution in [2.75, 3.05) is 24.2 Å². The molecule has 2 atom stereocenters. The van der Waals surface area contributed by atoms with Crippen LogP contribution in [0.4, 0.5) is 11.4 Å². The Morgan fingerprint density at radius 2 is 2.16 bits per heavy atom. The van der Waals surface area contributed by atoms with Gasteiger partial charge in [0.05, 0.1) is 11.3 Å². The van der Waals surface area contributed by atoms with E-state index >= 15 is 0 Å². The molecule has 1 heterocycles. The molecule has 1 aliphatic rings. The maximum absolute atomic E-state index is 12.0. The summed E-state index contributed by atoms with van der Waals surface area (Å²) in [5, 5.41) is 2.70. The SMILES string of the molecule is CNC(=O)c1ccc(N)cc1N1CCC(C)CC1C. The second kappa shape index (κ2) is 5.51. The van der Waals surface area contributed by atoms with E-state index in [1.807, 2.05) is 12.1 Å². The minimum Gasteiger partial charge on any atom is -0.399 e. The average molecular weight is 261 g/mol. The van der Waals surface area contributed by atoms with Crippen LogP contribution in [0.2, 0.25) is 0 Å². The van der Waals surface area contributed by atoms with Gasteiger partial charge in [0.15, 0.2) is 0 Å². The lowest BCUT2D eigenvalue weighted by atomic mass is 9.92. The molecule has 1 saturated heterocycles. The Labute approximate surface area is 115 Å². The molecular weight excluding hydrogens is 238 g/mol. The molecule has 1 amide bonds. The maximum atomic E-state index is 12.0. The van der Waals surface area contributed by atoms with E-state index in [0.717, 1.165) is 31.0 Å². The molecule has 2 rings (SSSR count). The molecule has 0 spiro atoms. The Morgan fingerprint density at radius 1 is 1.42 bits per heavy atom. The molecule has 2 unspecified atom stereocenters.